The van der Waals surface area contributed by atoms with Crippen LogP contribution in [0.5, 0.6) is 0 Å². The van der Waals surface area contributed by atoms with E-state index < -0.39 is 17.5 Å². The zero-order chi connectivity index (χ0) is 12.6. The number of cyclic esters (lactones) is 1. The zero-order valence-corrected chi connectivity index (χ0v) is 10.3. The van der Waals surface area contributed by atoms with Crippen LogP contribution in [0.4, 0.5) is 0 Å². The summed E-state index contributed by atoms with van der Waals surface area (Å²) in [6, 6.07) is 9.39. The number of rotatable bonds is 1. The highest BCUT2D eigenvalue weighted by atomic mass is 16.5. The summed E-state index contributed by atoms with van der Waals surface area (Å²) in [5.74, 6) is -0.790. The van der Waals surface area contributed by atoms with Gasteiger partial charge in [0.1, 0.15) is 11.5 Å². The van der Waals surface area contributed by atoms with E-state index in [2.05, 4.69) is 0 Å². The van der Waals surface area contributed by atoms with Crippen LogP contribution in [0, 0.1) is 11.3 Å². The first kappa shape index (κ1) is 11.8. The number of carbonyl (C=O) groups excluding carboxylic acids is 2. The van der Waals surface area contributed by atoms with E-state index in [1.807, 2.05) is 37.3 Å². The Morgan fingerprint density at radius 2 is 1.71 bits per heavy atom. The van der Waals surface area contributed by atoms with Gasteiger partial charge < -0.3 is 4.74 Å². The predicted molar refractivity (Wildman–Crippen MR) is 63.2 cm³/mol. The molecule has 0 N–H and O–H groups in total. The van der Waals surface area contributed by atoms with Gasteiger partial charge in [-0.25, -0.2) is 0 Å². The van der Waals surface area contributed by atoms with Crippen LogP contribution in [0.15, 0.2) is 30.3 Å². The minimum Gasteiger partial charge on any atom is -0.456 e. The third-order valence-electron chi connectivity index (χ3n) is 3.36. The highest BCUT2D eigenvalue weighted by Crippen LogP contribution is 2.39. The first-order chi connectivity index (χ1) is 7.94. The summed E-state index contributed by atoms with van der Waals surface area (Å²) in [5.41, 5.74) is -0.151. The molecule has 0 saturated carbocycles. The number of carbonyl (C=O) groups is 2. The Hall–Kier alpha value is -1.64. The molecule has 1 aliphatic rings. The highest BCUT2D eigenvalue weighted by Gasteiger charge is 2.48. The molecule has 3 heteroatoms. The van der Waals surface area contributed by atoms with E-state index in [4.69, 9.17) is 4.74 Å². The van der Waals surface area contributed by atoms with E-state index in [-0.39, 0.29) is 11.7 Å². The standard InChI is InChI=1S/C14H16O3/c1-9-11(10-7-5-4-6-8-10)17-13(16)14(2,3)12(9)15/h4-9,11H,1-3H3/t9-,11-/m0/s1. The van der Waals surface area contributed by atoms with Crippen LogP contribution >= 0.6 is 0 Å². The SMILES string of the molecule is C[C@@H]1C(=O)C(C)(C)C(=O)O[C@@H]1c1ccccc1. The van der Waals surface area contributed by atoms with Crippen molar-refractivity contribution in [3.63, 3.8) is 0 Å². The van der Waals surface area contributed by atoms with E-state index >= 15 is 0 Å². The Labute approximate surface area is 101 Å². The van der Waals surface area contributed by atoms with Gasteiger partial charge in [0.05, 0.1) is 5.92 Å². The van der Waals surface area contributed by atoms with E-state index in [9.17, 15) is 9.59 Å². The van der Waals surface area contributed by atoms with Crippen LogP contribution in [-0.2, 0) is 14.3 Å². The Bertz CT molecular complexity index is 448. The van der Waals surface area contributed by atoms with Gasteiger partial charge >= 0.3 is 5.97 Å². The largest absolute Gasteiger partial charge is 0.456 e. The van der Waals surface area contributed by atoms with Crippen molar-refractivity contribution >= 4 is 11.8 Å². The molecule has 0 aliphatic carbocycles. The van der Waals surface area contributed by atoms with E-state index in [0.717, 1.165) is 5.56 Å². The van der Waals surface area contributed by atoms with Gasteiger partial charge in [0, 0.05) is 0 Å². The van der Waals surface area contributed by atoms with Crippen LogP contribution in [-0.4, -0.2) is 11.8 Å². The molecule has 90 valence electrons. The molecular formula is C14H16O3. The number of benzene rings is 1. The van der Waals surface area contributed by atoms with Crippen LogP contribution in [0.2, 0.25) is 0 Å². The lowest BCUT2D eigenvalue weighted by molar-refractivity contribution is -0.178. The molecule has 2 atom stereocenters. The topological polar surface area (TPSA) is 43.4 Å². The molecule has 0 bridgehead atoms. The fraction of sp³-hybridized carbons (Fsp3) is 0.429. The molecule has 2 rings (SSSR count). The molecule has 0 spiro atoms. The van der Waals surface area contributed by atoms with Gasteiger partial charge in [0.15, 0.2) is 5.78 Å². The molecule has 0 amide bonds. The monoisotopic (exact) mass is 232 g/mol. The Balaban J connectivity index is 2.34. The summed E-state index contributed by atoms with van der Waals surface area (Å²) in [6.45, 7) is 5.05. The molecular weight excluding hydrogens is 216 g/mol. The molecule has 1 aliphatic heterocycles. The summed E-state index contributed by atoms with van der Waals surface area (Å²) < 4.78 is 5.41. The van der Waals surface area contributed by atoms with Crippen LogP contribution in [0.3, 0.4) is 0 Å². The lowest BCUT2D eigenvalue weighted by Crippen LogP contribution is -2.46. The first-order valence-electron chi connectivity index (χ1n) is 5.75. The molecule has 1 heterocycles. The molecule has 3 nitrogen and oxygen atoms in total. The average Bonchev–Trinajstić information content (AvgIpc) is 2.33. The molecule has 1 aromatic rings. The third kappa shape index (κ3) is 1.86. The van der Waals surface area contributed by atoms with Crippen molar-refractivity contribution in [1.29, 1.82) is 0 Å². The predicted octanol–water partition coefficient (Wildman–Crippen LogP) is 2.52. The van der Waals surface area contributed by atoms with E-state index in [1.54, 1.807) is 13.8 Å². The maximum atomic E-state index is 12.1. The van der Waals surface area contributed by atoms with Crippen molar-refractivity contribution < 1.29 is 14.3 Å². The summed E-state index contributed by atoms with van der Waals surface area (Å²) in [5, 5.41) is 0. The van der Waals surface area contributed by atoms with Gasteiger partial charge in [-0.1, -0.05) is 37.3 Å². The van der Waals surface area contributed by atoms with Gasteiger partial charge in [0.25, 0.3) is 0 Å². The lowest BCUT2D eigenvalue weighted by Gasteiger charge is -2.36. The van der Waals surface area contributed by atoms with Crippen molar-refractivity contribution in [3.8, 4) is 0 Å². The Morgan fingerprint density at radius 3 is 2.29 bits per heavy atom. The van der Waals surface area contributed by atoms with Gasteiger partial charge in [-0.3, -0.25) is 9.59 Å². The average molecular weight is 232 g/mol. The number of ketones is 1. The number of esters is 1. The lowest BCUT2D eigenvalue weighted by atomic mass is 9.76. The summed E-state index contributed by atoms with van der Waals surface area (Å²) in [4.78, 5) is 24.0. The smallest absolute Gasteiger partial charge is 0.319 e. The third-order valence-corrected chi connectivity index (χ3v) is 3.36. The van der Waals surface area contributed by atoms with Crippen molar-refractivity contribution in [3.05, 3.63) is 35.9 Å². The second-order valence-corrected chi connectivity index (χ2v) is 5.01. The fourth-order valence-corrected chi connectivity index (χ4v) is 2.17. The second kappa shape index (κ2) is 3.99. The molecule has 0 radical (unpaired) electrons. The summed E-state index contributed by atoms with van der Waals surface area (Å²) in [6.07, 6.45) is -0.454. The highest BCUT2D eigenvalue weighted by molar-refractivity contribution is 6.05. The van der Waals surface area contributed by atoms with Gasteiger partial charge in [-0.2, -0.15) is 0 Å². The van der Waals surface area contributed by atoms with Crippen molar-refractivity contribution in [1.82, 2.24) is 0 Å². The minimum atomic E-state index is -1.02. The Morgan fingerprint density at radius 1 is 1.12 bits per heavy atom. The fourth-order valence-electron chi connectivity index (χ4n) is 2.17. The van der Waals surface area contributed by atoms with Crippen LogP contribution in [0.1, 0.15) is 32.4 Å². The summed E-state index contributed by atoms with van der Waals surface area (Å²) >= 11 is 0. The van der Waals surface area contributed by atoms with Crippen molar-refractivity contribution in [2.24, 2.45) is 11.3 Å². The zero-order valence-electron chi connectivity index (χ0n) is 10.3. The van der Waals surface area contributed by atoms with Crippen LogP contribution in [0.25, 0.3) is 0 Å². The van der Waals surface area contributed by atoms with Crippen molar-refractivity contribution in [2.75, 3.05) is 0 Å². The van der Waals surface area contributed by atoms with Gasteiger partial charge in [-0.15, -0.1) is 0 Å². The number of Topliss-reactive ketones (excluding diaryl/α,β-unsaturated/α-hetero) is 1. The maximum absolute atomic E-state index is 12.1. The molecule has 17 heavy (non-hydrogen) atoms. The maximum Gasteiger partial charge on any atom is 0.319 e. The van der Waals surface area contributed by atoms with E-state index in [1.165, 1.54) is 0 Å². The summed E-state index contributed by atoms with van der Waals surface area (Å²) in [7, 11) is 0. The normalized spacial score (nSPS) is 27.7. The molecule has 0 aromatic heterocycles. The number of ether oxygens (including phenoxy) is 1. The van der Waals surface area contributed by atoms with Gasteiger partial charge in [-0.05, 0) is 19.4 Å². The molecule has 1 saturated heterocycles. The molecule has 1 fully saturated rings. The molecule has 1 aromatic carbocycles. The minimum absolute atomic E-state index is 0.0531. The van der Waals surface area contributed by atoms with Crippen LogP contribution < -0.4 is 0 Å². The first-order valence-corrected chi connectivity index (χ1v) is 5.75. The van der Waals surface area contributed by atoms with Crippen molar-refractivity contribution in [2.45, 2.75) is 26.9 Å². The number of hydrogen-bond acceptors (Lipinski definition) is 3. The second-order valence-electron chi connectivity index (χ2n) is 5.01. The Kier molecular flexibility index (Phi) is 2.77. The number of hydrogen-bond donors (Lipinski definition) is 0. The quantitative estimate of drug-likeness (QED) is 0.552. The van der Waals surface area contributed by atoms with Gasteiger partial charge in [0.2, 0.25) is 0 Å². The van der Waals surface area contributed by atoms with E-state index in [0.29, 0.717) is 0 Å². The molecule has 0 unspecified atom stereocenters.